The Balaban J connectivity index is 1.71. The Morgan fingerprint density at radius 2 is 1.80 bits per heavy atom. The monoisotopic (exact) mass is 341 g/mol. The summed E-state index contributed by atoms with van der Waals surface area (Å²) in [7, 11) is 0. The van der Waals surface area contributed by atoms with Crippen LogP contribution in [0.15, 0.2) is 42.5 Å². The van der Waals surface area contributed by atoms with Crippen LogP contribution in [0.3, 0.4) is 0 Å². The van der Waals surface area contributed by atoms with Crippen molar-refractivity contribution in [2.45, 2.75) is 0 Å². The van der Waals surface area contributed by atoms with Gasteiger partial charge in [-0.05, 0) is 42.0 Å². The Hall–Kier alpha value is -3.48. The van der Waals surface area contributed by atoms with Crippen LogP contribution in [0, 0.1) is 0 Å². The summed E-state index contributed by atoms with van der Waals surface area (Å²) in [4.78, 5) is 22.9. The van der Waals surface area contributed by atoms with Gasteiger partial charge in [-0.2, -0.15) is 0 Å². The van der Waals surface area contributed by atoms with Gasteiger partial charge in [-0.25, -0.2) is 4.79 Å². The van der Waals surface area contributed by atoms with E-state index in [0.29, 0.717) is 24.7 Å². The summed E-state index contributed by atoms with van der Waals surface area (Å²) in [5.41, 5.74) is 0.726. The summed E-state index contributed by atoms with van der Waals surface area (Å²) >= 11 is 0. The van der Waals surface area contributed by atoms with Crippen LogP contribution in [0.25, 0.3) is 6.08 Å². The fourth-order valence-electron chi connectivity index (χ4n) is 2.28. The number of phenols is 1. The van der Waals surface area contributed by atoms with Crippen LogP contribution in [0.1, 0.15) is 15.9 Å². The van der Waals surface area contributed by atoms with Gasteiger partial charge in [-0.15, -0.1) is 0 Å². The van der Waals surface area contributed by atoms with Crippen molar-refractivity contribution in [2.24, 2.45) is 0 Å². The van der Waals surface area contributed by atoms with E-state index < -0.39 is 11.9 Å². The summed E-state index contributed by atoms with van der Waals surface area (Å²) in [6.07, 6.45) is 2.85. The molecule has 0 atom stereocenters. The van der Waals surface area contributed by atoms with Crippen LogP contribution < -0.4 is 14.8 Å². The maximum absolute atomic E-state index is 12.0. The Labute approximate surface area is 143 Å². The molecule has 0 aliphatic carbocycles. The number of hydrogen-bond acceptors (Lipinski definition) is 5. The number of carbonyl (C=O) groups is 2. The van der Waals surface area contributed by atoms with E-state index in [1.54, 1.807) is 24.3 Å². The third-order valence-corrected chi connectivity index (χ3v) is 3.49. The molecule has 0 bridgehead atoms. The SMILES string of the molecule is O=C(/C=C\c1ccc2c(c1)OCCO2)Nc1cc(C(=O)O)ccc1O. The molecule has 1 heterocycles. The van der Waals surface area contributed by atoms with Crippen molar-refractivity contribution in [1.82, 2.24) is 0 Å². The number of ether oxygens (including phenoxy) is 2. The molecule has 25 heavy (non-hydrogen) atoms. The number of rotatable bonds is 4. The first-order valence-corrected chi connectivity index (χ1v) is 7.48. The second kappa shape index (κ2) is 6.96. The van der Waals surface area contributed by atoms with E-state index in [9.17, 15) is 14.7 Å². The molecule has 0 saturated heterocycles. The minimum atomic E-state index is -1.15. The van der Waals surface area contributed by atoms with Crippen molar-refractivity contribution < 1.29 is 29.3 Å². The van der Waals surface area contributed by atoms with Crippen molar-refractivity contribution >= 4 is 23.6 Å². The summed E-state index contributed by atoms with van der Waals surface area (Å²) in [5, 5.41) is 21.1. The van der Waals surface area contributed by atoms with Crippen LogP contribution in [-0.2, 0) is 4.79 Å². The maximum atomic E-state index is 12.0. The average molecular weight is 341 g/mol. The van der Waals surface area contributed by atoms with Crippen molar-refractivity contribution in [3.63, 3.8) is 0 Å². The van der Waals surface area contributed by atoms with Crippen LogP contribution in [-0.4, -0.2) is 35.3 Å². The maximum Gasteiger partial charge on any atom is 0.335 e. The Morgan fingerprint density at radius 3 is 2.56 bits per heavy atom. The molecule has 0 unspecified atom stereocenters. The minimum Gasteiger partial charge on any atom is -0.506 e. The Kier molecular flexibility index (Phi) is 4.56. The molecule has 0 aromatic heterocycles. The fourth-order valence-corrected chi connectivity index (χ4v) is 2.28. The highest BCUT2D eigenvalue weighted by Gasteiger charge is 2.11. The first-order valence-electron chi connectivity index (χ1n) is 7.48. The van der Waals surface area contributed by atoms with Gasteiger partial charge in [-0.3, -0.25) is 4.79 Å². The second-order valence-electron chi connectivity index (χ2n) is 5.26. The number of amides is 1. The standard InChI is InChI=1S/C18H15NO6/c20-14-4-3-12(18(22)23)10-13(14)19-17(21)6-2-11-1-5-15-16(9-11)25-8-7-24-15/h1-6,9-10,20H,7-8H2,(H,19,21)(H,22,23)/b6-2-. The van der Waals surface area contributed by atoms with Gasteiger partial charge in [0.25, 0.3) is 0 Å². The molecule has 1 amide bonds. The molecule has 2 aromatic carbocycles. The molecule has 3 rings (SSSR count). The fraction of sp³-hybridized carbons (Fsp3) is 0.111. The number of benzene rings is 2. The van der Waals surface area contributed by atoms with Crippen LogP contribution in [0.5, 0.6) is 17.2 Å². The number of phenolic OH excluding ortho intramolecular Hbond substituents is 1. The van der Waals surface area contributed by atoms with E-state index in [-0.39, 0.29) is 17.0 Å². The predicted molar refractivity (Wildman–Crippen MR) is 90.2 cm³/mol. The molecular weight excluding hydrogens is 326 g/mol. The molecule has 2 aromatic rings. The molecule has 1 aliphatic rings. The van der Waals surface area contributed by atoms with Gasteiger partial charge in [0.05, 0.1) is 11.3 Å². The van der Waals surface area contributed by atoms with E-state index in [4.69, 9.17) is 14.6 Å². The number of carbonyl (C=O) groups excluding carboxylic acids is 1. The van der Waals surface area contributed by atoms with E-state index in [2.05, 4.69) is 5.32 Å². The summed E-state index contributed by atoms with van der Waals surface area (Å²) in [6.45, 7) is 0.976. The number of hydrogen-bond donors (Lipinski definition) is 3. The molecule has 0 spiro atoms. The summed E-state index contributed by atoms with van der Waals surface area (Å²) in [5.74, 6) is -0.606. The quantitative estimate of drug-likeness (QED) is 0.583. The third-order valence-electron chi connectivity index (χ3n) is 3.49. The minimum absolute atomic E-state index is 0.0247. The van der Waals surface area contributed by atoms with Gasteiger partial charge < -0.3 is 25.0 Å². The molecule has 1 aliphatic heterocycles. The molecule has 128 valence electrons. The van der Waals surface area contributed by atoms with Crippen LogP contribution in [0.2, 0.25) is 0 Å². The largest absolute Gasteiger partial charge is 0.506 e. The van der Waals surface area contributed by atoms with E-state index in [0.717, 1.165) is 5.56 Å². The average Bonchev–Trinajstić information content (AvgIpc) is 2.61. The number of nitrogens with one attached hydrogen (secondary N) is 1. The topological polar surface area (TPSA) is 105 Å². The van der Waals surface area contributed by atoms with Gasteiger partial charge in [0.2, 0.25) is 5.91 Å². The van der Waals surface area contributed by atoms with Crippen molar-refractivity contribution in [1.29, 1.82) is 0 Å². The Morgan fingerprint density at radius 1 is 1.04 bits per heavy atom. The zero-order valence-corrected chi connectivity index (χ0v) is 13.1. The summed E-state index contributed by atoms with van der Waals surface area (Å²) in [6, 6.07) is 8.93. The first-order chi connectivity index (χ1) is 12.0. The molecular formula is C18H15NO6. The number of fused-ring (bicyclic) bond motifs is 1. The lowest BCUT2D eigenvalue weighted by Crippen LogP contribution is -2.15. The number of aromatic carboxylic acids is 1. The Bertz CT molecular complexity index is 859. The zero-order valence-electron chi connectivity index (χ0n) is 13.1. The number of carboxylic acids is 1. The molecule has 0 saturated carbocycles. The summed E-state index contributed by atoms with van der Waals surface area (Å²) < 4.78 is 10.9. The second-order valence-corrected chi connectivity index (χ2v) is 5.26. The highest BCUT2D eigenvalue weighted by atomic mass is 16.6. The molecule has 0 fully saturated rings. The first kappa shape index (κ1) is 16.4. The van der Waals surface area contributed by atoms with Crippen molar-refractivity contribution in [2.75, 3.05) is 18.5 Å². The predicted octanol–water partition coefficient (Wildman–Crippen LogP) is 2.51. The smallest absolute Gasteiger partial charge is 0.335 e. The van der Waals surface area contributed by atoms with Crippen LogP contribution >= 0.6 is 0 Å². The van der Waals surface area contributed by atoms with E-state index in [1.807, 2.05) is 0 Å². The highest BCUT2D eigenvalue weighted by molar-refractivity contribution is 6.03. The van der Waals surface area contributed by atoms with Gasteiger partial charge in [0.1, 0.15) is 19.0 Å². The van der Waals surface area contributed by atoms with Crippen LogP contribution in [0.4, 0.5) is 5.69 Å². The molecule has 0 radical (unpaired) electrons. The molecule has 7 heteroatoms. The lowest BCUT2D eigenvalue weighted by Gasteiger charge is -2.18. The number of carboxylic acid groups (broad SMARTS) is 1. The number of aromatic hydroxyl groups is 1. The van der Waals surface area contributed by atoms with Gasteiger partial charge >= 0.3 is 5.97 Å². The van der Waals surface area contributed by atoms with E-state index >= 15 is 0 Å². The van der Waals surface area contributed by atoms with Gasteiger partial charge in [0.15, 0.2) is 11.5 Å². The zero-order chi connectivity index (χ0) is 17.8. The van der Waals surface area contributed by atoms with Gasteiger partial charge in [-0.1, -0.05) is 6.07 Å². The normalized spacial score (nSPS) is 12.8. The lowest BCUT2D eigenvalue weighted by atomic mass is 10.1. The van der Waals surface area contributed by atoms with Gasteiger partial charge in [0, 0.05) is 6.08 Å². The number of anilines is 1. The van der Waals surface area contributed by atoms with E-state index in [1.165, 1.54) is 24.3 Å². The lowest BCUT2D eigenvalue weighted by molar-refractivity contribution is -0.111. The third kappa shape index (κ3) is 3.89. The highest BCUT2D eigenvalue weighted by Crippen LogP contribution is 2.31. The van der Waals surface area contributed by atoms with Crippen molar-refractivity contribution in [3.8, 4) is 17.2 Å². The van der Waals surface area contributed by atoms with Crippen molar-refractivity contribution in [3.05, 3.63) is 53.6 Å². The molecule has 3 N–H and O–H groups in total. The molecule has 7 nitrogen and oxygen atoms in total.